The van der Waals surface area contributed by atoms with Crippen molar-refractivity contribution in [1.82, 2.24) is 25.0 Å². The second kappa shape index (κ2) is 6.39. The fraction of sp³-hybridized carbons (Fsp3) is 0.750. The molecule has 2 fully saturated rings. The Hall–Kier alpha value is -1.76. The molecule has 0 radical (unpaired) electrons. The van der Waals surface area contributed by atoms with Crippen molar-refractivity contribution in [2.24, 2.45) is 0 Å². The summed E-state index contributed by atoms with van der Waals surface area (Å²) in [5, 5.41) is 8.42. The average molecular weight is 316 g/mol. The Kier molecular flexibility index (Phi) is 4.11. The van der Waals surface area contributed by atoms with E-state index in [1.165, 1.54) is 25.7 Å². The Morgan fingerprint density at radius 3 is 2.65 bits per heavy atom. The van der Waals surface area contributed by atoms with E-state index in [4.69, 9.17) is 15.5 Å². The van der Waals surface area contributed by atoms with Crippen LogP contribution in [0.2, 0.25) is 0 Å². The smallest absolute Gasteiger partial charge is 0.184 e. The third-order valence-electron chi connectivity index (χ3n) is 5.03. The van der Waals surface area contributed by atoms with Crippen molar-refractivity contribution in [2.75, 3.05) is 12.3 Å². The van der Waals surface area contributed by atoms with Crippen molar-refractivity contribution >= 4 is 17.0 Å². The van der Waals surface area contributed by atoms with Gasteiger partial charge in [-0.15, -0.1) is 5.10 Å². The van der Waals surface area contributed by atoms with Gasteiger partial charge in [0.2, 0.25) is 0 Å². The van der Waals surface area contributed by atoms with Crippen molar-refractivity contribution in [3.8, 4) is 0 Å². The van der Waals surface area contributed by atoms with Crippen LogP contribution in [0.1, 0.15) is 63.1 Å². The van der Waals surface area contributed by atoms with Gasteiger partial charge in [0.15, 0.2) is 17.0 Å². The summed E-state index contributed by atoms with van der Waals surface area (Å²) in [4.78, 5) is 9.28. The lowest BCUT2D eigenvalue weighted by Gasteiger charge is -2.22. The molecule has 0 amide bonds. The summed E-state index contributed by atoms with van der Waals surface area (Å²) in [5.41, 5.74) is 7.48. The summed E-state index contributed by atoms with van der Waals surface area (Å²) >= 11 is 0. The number of rotatable bonds is 3. The number of hydrogen-bond acceptors (Lipinski definition) is 6. The molecule has 23 heavy (non-hydrogen) atoms. The van der Waals surface area contributed by atoms with Gasteiger partial charge in [0, 0.05) is 12.5 Å². The van der Waals surface area contributed by atoms with Crippen LogP contribution in [0, 0.1) is 0 Å². The molecule has 2 aromatic heterocycles. The molecule has 1 atom stereocenters. The number of hydrogen-bond donors (Lipinski definition) is 1. The third kappa shape index (κ3) is 3.02. The maximum Gasteiger partial charge on any atom is 0.184 e. The van der Waals surface area contributed by atoms with Crippen LogP contribution in [0.3, 0.4) is 0 Å². The molecule has 0 spiro atoms. The SMILES string of the molecule is Nc1nc(C2CCCCC2)nc2c1nnn2CC1CCCCO1. The van der Waals surface area contributed by atoms with Crippen LogP contribution in [0.4, 0.5) is 5.82 Å². The first-order chi connectivity index (χ1) is 11.3. The Labute approximate surface area is 135 Å². The van der Waals surface area contributed by atoms with Crippen LogP contribution in [0.15, 0.2) is 0 Å². The lowest BCUT2D eigenvalue weighted by atomic mass is 9.89. The van der Waals surface area contributed by atoms with E-state index in [9.17, 15) is 0 Å². The first-order valence-corrected chi connectivity index (χ1v) is 8.79. The Morgan fingerprint density at radius 1 is 1.04 bits per heavy atom. The summed E-state index contributed by atoms with van der Waals surface area (Å²) in [6, 6.07) is 0. The zero-order chi connectivity index (χ0) is 15.6. The number of anilines is 1. The molecule has 1 saturated carbocycles. The Morgan fingerprint density at radius 2 is 1.87 bits per heavy atom. The first-order valence-electron chi connectivity index (χ1n) is 8.79. The van der Waals surface area contributed by atoms with Crippen LogP contribution in [0.5, 0.6) is 0 Å². The number of fused-ring (bicyclic) bond motifs is 1. The summed E-state index contributed by atoms with van der Waals surface area (Å²) in [6.07, 6.45) is 9.74. The first kappa shape index (κ1) is 14.8. The molecule has 2 aromatic rings. The molecule has 7 nitrogen and oxygen atoms in total. The predicted molar refractivity (Wildman–Crippen MR) is 86.9 cm³/mol. The highest BCUT2D eigenvalue weighted by molar-refractivity contribution is 5.80. The van der Waals surface area contributed by atoms with E-state index in [-0.39, 0.29) is 6.10 Å². The van der Waals surface area contributed by atoms with Crippen LogP contribution in [0.25, 0.3) is 11.2 Å². The standard InChI is InChI=1S/C16H24N6O/c17-14-13-16(19-15(18-14)11-6-2-1-3-7-11)22(21-20-13)10-12-8-4-5-9-23-12/h11-12H,1-10H2,(H2,17,18,19). The van der Waals surface area contributed by atoms with Crippen molar-refractivity contribution in [3.05, 3.63) is 5.82 Å². The van der Waals surface area contributed by atoms with Crippen molar-refractivity contribution in [1.29, 1.82) is 0 Å². The van der Waals surface area contributed by atoms with Gasteiger partial charge in [0.1, 0.15) is 5.82 Å². The second-order valence-corrected chi connectivity index (χ2v) is 6.73. The fourth-order valence-electron chi connectivity index (χ4n) is 3.70. The fourth-order valence-corrected chi connectivity index (χ4v) is 3.70. The number of aromatic nitrogens is 5. The summed E-state index contributed by atoms with van der Waals surface area (Å²) in [6.45, 7) is 1.53. The van der Waals surface area contributed by atoms with E-state index >= 15 is 0 Å². The normalized spacial score (nSPS) is 23.4. The summed E-state index contributed by atoms with van der Waals surface area (Å²) < 4.78 is 7.66. The molecular formula is C16H24N6O. The highest BCUT2D eigenvalue weighted by atomic mass is 16.5. The quantitative estimate of drug-likeness (QED) is 0.935. The van der Waals surface area contributed by atoms with E-state index in [0.717, 1.165) is 43.8 Å². The van der Waals surface area contributed by atoms with Crippen LogP contribution >= 0.6 is 0 Å². The third-order valence-corrected chi connectivity index (χ3v) is 5.03. The average Bonchev–Trinajstić information content (AvgIpc) is 3.00. The molecule has 7 heteroatoms. The minimum atomic E-state index is 0.197. The van der Waals surface area contributed by atoms with E-state index in [1.807, 2.05) is 4.68 Å². The van der Waals surface area contributed by atoms with E-state index in [0.29, 0.717) is 23.8 Å². The minimum absolute atomic E-state index is 0.197. The molecule has 4 rings (SSSR count). The largest absolute Gasteiger partial charge is 0.382 e. The topological polar surface area (TPSA) is 91.7 Å². The lowest BCUT2D eigenvalue weighted by molar-refractivity contribution is 0.00433. The van der Waals surface area contributed by atoms with Gasteiger partial charge < -0.3 is 10.5 Å². The molecule has 2 aliphatic rings. The van der Waals surface area contributed by atoms with Crippen molar-refractivity contribution < 1.29 is 4.74 Å². The van der Waals surface area contributed by atoms with Gasteiger partial charge in [-0.25, -0.2) is 14.6 Å². The number of nitrogens with two attached hydrogens (primary N) is 1. The molecule has 0 aromatic carbocycles. The Bertz CT molecular complexity index is 673. The molecule has 124 valence electrons. The summed E-state index contributed by atoms with van der Waals surface area (Å²) in [5.74, 6) is 1.74. The van der Waals surface area contributed by atoms with Crippen LogP contribution < -0.4 is 5.73 Å². The molecule has 3 heterocycles. The number of nitrogens with zero attached hydrogens (tertiary/aromatic N) is 5. The molecule has 1 aliphatic heterocycles. The van der Waals surface area contributed by atoms with Gasteiger partial charge in [-0.2, -0.15) is 0 Å². The van der Waals surface area contributed by atoms with Crippen LogP contribution in [-0.4, -0.2) is 37.7 Å². The highest BCUT2D eigenvalue weighted by Crippen LogP contribution is 2.32. The molecule has 1 saturated heterocycles. The van der Waals surface area contributed by atoms with E-state index < -0.39 is 0 Å². The minimum Gasteiger partial charge on any atom is -0.382 e. The Balaban J connectivity index is 1.64. The molecule has 1 aliphatic carbocycles. The highest BCUT2D eigenvalue weighted by Gasteiger charge is 2.23. The van der Waals surface area contributed by atoms with Crippen molar-refractivity contribution in [3.63, 3.8) is 0 Å². The van der Waals surface area contributed by atoms with Gasteiger partial charge >= 0.3 is 0 Å². The van der Waals surface area contributed by atoms with Gasteiger partial charge in [-0.1, -0.05) is 24.5 Å². The number of ether oxygens (including phenoxy) is 1. The van der Waals surface area contributed by atoms with Gasteiger partial charge in [-0.05, 0) is 32.1 Å². The molecule has 1 unspecified atom stereocenters. The summed E-state index contributed by atoms with van der Waals surface area (Å²) in [7, 11) is 0. The van der Waals surface area contributed by atoms with Crippen LogP contribution in [-0.2, 0) is 11.3 Å². The number of nitrogen functional groups attached to an aromatic ring is 1. The maximum atomic E-state index is 6.11. The maximum absolute atomic E-state index is 6.11. The van der Waals surface area contributed by atoms with E-state index in [1.54, 1.807) is 0 Å². The van der Waals surface area contributed by atoms with Gasteiger partial charge in [0.05, 0.1) is 12.6 Å². The zero-order valence-corrected chi connectivity index (χ0v) is 13.4. The molecular weight excluding hydrogens is 292 g/mol. The van der Waals surface area contributed by atoms with Gasteiger partial charge in [0.25, 0.3) is 0 Å². The lowest BCUT2D eigenvalue weighted by Crippen LogP contribution is -2.25. The van der Waals surface area contributed by atoms with E-state index in [2.05, 4.69) is 15.3 Å². The molecule has 2 N–H and O–H groups in total. The monoisotopic (exact) mass is 316 g/mol. The predicted octanol–water partition coefficient (Wildman–Crippen LogP) is 2.42. The van der Waals surface area contributed by atoms with Crippen molar-refractivity contribution in [2.45, 2.75) is 69.9 Å². The second-order valence-electron chi connectivity index (χ2n) is 6.73. The van der Waals surface area contributed by atoms with Gasteiger partial charge in [-0.3, -0.25) is 0 Å². The molecule has 0 bridgehead atoms. The zero-order valence-electron chi connectivity index (χ0n) is 13.4.